The summed E-state index contributed by atoms with van der Waals surface area (Å²) in [5.74, 6) is 2.52. The average Bonchev–Trinajstić information content (AvgIpc) is 2.85. The molecule has 1 fully saturated rings. The monoisotopic (exact) mass is 218 g/mol. The summed E-state index contributed by atoms with van der Waals surface area (Å²) in [6, 6.07) is 6.37. The second kappa shape index (κ2) is 3.56. The van der Waals surface area contributed by atoms with E-state index in [0.29, 0.717) is 5.25 Å². The number of rotatable bonds is 1. The third-order valence-corrected chi connectivity index (χ3v) is 4.36. The van der Waals surface area contributed by atoms with Crippen LogP contribution in [0.25, 0.3) is 5.52 Å². The molecule has 1 aliphatic heterocycles. The van der Waals surface area contributed by atoms with E-state index in [9.17, 15) is 0 Å². The highest BCUT2D eigenvalue weighted by Gasteiger charge is 2.22. The second-order valence-corrected chi connectivity index (χ2v) is 5.36. The number of fused-ring (bicyclic) bond motifs is 1. The molecule has 1 aliphatic rings. The van der Waals surface area contributed by atoms with Crippen molar-refractivity contribution < 1.29 is 0 Å². The first-order chi connectivity index (χ1) is 7.36. The maximum absolute atomic E-state index is 4.58. The van der Waals surface area contributed by atoms with Crippen molar-refractivity contribution in [1.29, 1.82) is 0 Å². The van der Waals surface area contributed by atoms with Gasteiger partial charge in [-0.1, -0.05) is 6.07 Å². The first-order valence-corrected chi connectivity index (χ1v) is 6.46. The van der Waals surface area contributed by atoms with E-state index in [4.69, 9.17) is 0 Å². The molecule has 0 amide bonds. The standard InChI is InChI=1S/C12H14N2S/c1-9-4-2-5-10-8-13-12(14(9)10)11-6-3-7-15-11/h2,4-5,8,11H,3,6-7H2,1H3. The Bertz CT molecular complexity index is 483. The van der Waals surface area contributed by atoms with Crippen LogP contribution >= 0.6 is 11.8 Å². The fraction of sp³-hybridized carbons (Fsp3) is 0.417. The van der Waals surface area contributed by atoms with Gasteiger partial charge in [0, 0.05) is 5.69 Å². The smallest absolute Gasteiger partial charge is 0.126 e. The van der Waals surface area contributed by atoms with Gasteiger partial charge in [0.25, 0.3) is 0 Å². The Morgan fingerprint density at radius 1 is 1.47 bits per heavy atom. The molecule has 1 saturated heterocycles. The molecule has 3 heterocycles. The number of nitrogens with zero attached hydrogens (tertiary/aromatic N) is 2. The second-order valence-electron chi connectivity index (χ2n) is 4.05. The Kier molecular flexibility index (Phi) is 2.20. The van der Waals surface area contributed by atoms with E-state index >= 15 is 0 Å². The van der Waals surface area contributed by atoms with Gasteiger partial charge in [-0.2, -0.15) is 11.8 Å². The summed E-state index contributed by atoms with van der Waals surface area (Å²) in [7, 11) is 0. The van der Waals surface area contributed by atoms with Crippen molar-refractivity contribution in [3.63, 3.8) is 0 Å². The van der Waals surface area contributed by atoms with Gasteiger partial charge in [-0.3, -0.25) is 0 Å². The van der Waals surface area contributed by atoms with Crippen LogP contribution < -0.4 is 0 Å². The third-order valence-electron chi connectivity index (χ3n) is 2.99. The fourth-order valence-electron chi connectivity index (χ4n) is 2.25. The minimum absolute atomic E-state index is 0.605. The van der Waals surface area contributed by atoms with Crippen LogP contribution in [0.4, 0.5) is 0 Å². The van der Waals surface area contributed by atoms with E-state index in [2.05, 4.69) is 34.5 Å². The molecule has 0 aliphatic carbocycles. The predicted octanol–water partition coefficient (Wildman–Crippen LogP) is 3.21. The molecule has 3 rings (SSSR count). The number of aryl methyl sites for hydroxylation is 1. The van der Waals surface area contributed by atoms with Gasteiger partial charge < -0.3 is 4.40 Å². The highest BCUT2D eigenvalue weighted by atomic mass is 32.2. The first kappa shape index (κ1) is 9.28. The molecule has 0 N–H and O–H groups in total. The average molecular weight is 218 g/mol. The van der Waals surface area contributed by atoms with Crippen molar-refractivity contribution in [1.82, 2.24) is 9.38 Å². The highest BCUT2D eigenvalue weighted by Crippen LogP contribution is 2.39. The third kappa shape index (κ3) is 1.46. The van der Waals surface area contributed by atoms with Crippen molar-refractivity contribution in [2.24, 2.45) is 0 Å². The predicted molar refractivity (Wildman–Crippen MR) is 64.4 cm³/mol. The largest absolute Gasteiger partial charge is 0.300 e. The molecule has 78 valence electrons. The summed E-state index contributed by atoms with van der Waals surface area (Å²) in [6.07, 6.45) is 4.59. The van der Waals surface area contributed by atoms with Gasteiger partial charge >= 0.3 is 0 Å². The Labute approximate surface area is 93.7 Å². The lowest BCUT2D eigenvalue weighted by molar-refractivity contribution is 0.768. The zero-order valence-electron chi connectivity index (χ0n) is 8.81. The summed E-state index contributed by atoms with van der Waals surface area (Å²) in [5, 5.41) is 0.605. The van der Waals surface area contributed by atoms with Crippen molar-refractivity contribution in [2.45, 2.75) is 25.0 Å². The van der Waals surface area contributed by atoms with E-state index < -0.39 is 0 Å². The van der Waals surface area contributed by atoms with Crippen LogP contribution in [0.1, 0.15) is 29.6 Å². The minimum Gasteiger partial charge on any atom is -0.300 e. The maximum Gasteiger partial charge on any atom is 0.126 e. The summed E-state index contributed by atoms with van der Waals surface area (Å²) < 4.78 is 2.29. The van der Waals surface area contributed by atoms with Crippen molar-refractivity contribution in [3.05, 3.63) is 35.9 Å². The number of hydrogen-bond acceptors (Lipinski definition) is 2. The normalized spacial score (nSPS) is 21.3. The van der Waals surface area contributed by atoms with Crippen molar-refractivity contribution in [3.8, 4) is 0 Å². The van der Waals surface area contributed by atoms with Crippen LogP contribution in [0.5, 0.6) is 0 Å². The van der Waals surface area contributed by atoms with Crippen LogP contribution in [0, 0.1) is 6.92 Å². The van der Waals surface area contributed by atoms with Crippen LogP contribution in [-0.2, 0) is 0 Å². The van der Waals surface area contributed by atoms with Crippen molar-refractivity contribution >= 4 is 17.3 Å². The van der Waals surface area contributed by atoms with E-state index in [0.717, 1.165) is 0 Å². The molecular formula is C12H14N2S. The zero-order chi connectivity index (χ0) is 10.3. The molecule has 0 bridgehead atoms. The molecule has 2 aromatic rings. The Morgan fingerprint density at radius 3 is 3.20 bits per heavy atom. The first-order valence-electron chi connectivity index (χ1n) is 5.41. The van der Waals surface area contributed by atoms with Gasteiger partial charge in [-0.05, 0) is 37.7 Å². The lowest BCUT2D eigenvalue weighted by Crippen LogP contribution is -2.00. The zero-order valence-corrected chi connectivity index (χ0v) is 9.63. The quantitative estimate of drug-likeness (QED) is 0.731. The summed E-state index contributed by atoms with van der Waals surface area (Å²) in [5.41, 5.74) is 2.50. The maximum atomic E-state index is 4.58. The van der Waals surface area contributed by atoms with Crippen LogP contribution in [0.3, 0.4) is 0 Å². The molecule has 0 saturated carbocycles. The Hall–Kier alpha value is -0.960. The molecule has 15 heavy (non-hydrogen) atoms. The van der Waals surface area contributed by atoms with Gasteiger partial charge in [0.2, 0.25) is 0 Å². The van der Waals surface area contributed by atoms with E-state index in [1.807, 2.05) is 18.0 Å². The van der Waals surface area contributed by atoms with Crippen LogP contribution in [0.15, 0.2) is 24.4 Å². The molecule has 1 unspecified atom stereocenters. The van der Waals surface area contributed by atoms with E-state index in [-0.39, 0.29) is 0 Å². The van der Waals surface area contributed by atoms with Gasteiger partial charge in [-0.25, -0.2) is 4.98 Å². The molecule has 0 spiro atoms. The summed E-state index contributed by atoms with van der Waals surface area (Å²) in [4.78, 5) is 4.58. The number of aromatic nitrogens is 2. The molecule has 3 heteroatoms. The van der Waals surface area contributed by atoms with E-state index in [1.165, 1.54) is 35.6 Å². The number of pyridine rings is 1. The van der Waals surface area contributed by atoms with Gasteiger partial charge in [0.15, 0.2) is 0 Å². The van der Waals surface area contributed by atoms with E-state index in [1.54, 1.807) is 0 Å². The summed E-state index contributed by atoms with van der Waals surface area (Å²) >= 11 is 2.04. The molecule has 2 nitrogen and oxygen atoms in total. The molecule has 1 atom stereocenters. The number of thioether (sulfide) groups is 1. The number of imidazole rings is 1. The topological polar surface area (TPSA) is 17.3 Å². The lowest BCUT2D eigenvalue weighted by Gasteiger charge is -2.09. The molecule has 0 aromatic carbocycles. The lowest BCUT2D eigenvalue weighted by atomic mass is 10.2. The molecule has 0 radical (unpaired) electrons. The SMILES string of the molecule is Cc1cccc2cnc(C3CCCS3)n12. The van der Waals surface area contributed by atoms with Crippen LogP contribution in [-0.4, -0.2) is 15.1 Å². The fourth-order valence-corrected chi connectivity index (χ4v) is 3.52. The Morgan fingerprint density at radius 2 is 2.40 bits per heavy atom. The van der Waals surface area contributed by atoms with Crippen molar-refractivity contribution in [2.75, 3.05) is 5.75 Å². The number of hydrogen-bond donors (Lipinski definition) is 0. The van der Waals surface area contributed by atoms with Gasteiger partial charge in [0.05, 0.1) is 17.0 Å². The summed E-state index contributed by atoms with van der Waals surface area (Å²) in [6.45, 7) is 2.15. The highest BCUT2D eigenvalue weighted by molar-refractivity contribution is 7.99. The Balaban J connectivity index is 2.18. The molecular weight excluding hydrogens is 204 g/mol. The van der Waals surface area contributed by atoms with Gasteiger partial charge in [-0.15, -0.1) is 0 Å². The van der Waals surface area contributed by atoms with Crippen LogP contribution in [0.2, 0.25) is 0 Å². The van der Waals surface area contributed by atoms with Gasteiger partial charge in [0.1, 0.15) is 5.82 Å². The molecule has 2 aromatic heterocycles. The minimum atomic E-state index is 0.605.